The Labute approximate surface area is 289 Å². The molecule has 3 heterocycles. The van der Waals surface area contributed by atoms with Gasteiger partial charge in [0.15, 0.2) is 0 Å². The molecule has 1 aliphatic heterocycles. The van der Waals surface area contributed by atoms with E-state index in [4.69, 9.17) is 51.8 Å². The molecule has 0 radical (unpaired) electrons. The van der Waals surface area contributed by atoms with Gasteiger partial charge in [-0.05, 0) is 71.9 Å². The van der Waals surface area contributed by atoms with E-state index in [9.17, 15) is 9.18 Å². The summed E-state index contributed by atoms with van der Waals surface area (Å²) in [6.45, 7) is 0.438. The molecule has 1 saturated heterocycles. The zero-order valence-corrected chi connectivity index (χ0v) is 27.5. The molecule has 7 rings (SSSR count). The maximum absolute atomic E-state index is 13.3. The Balaban J connectivity index is 0.000000165. The molecule has 12 heteroatoms. The van der Waals surface area contributed by atoms with Crippen molar-refractivity contribution in [2.45, 2.75) is 18.2 Å². The first kappa shape index (κ1) is 32.6. The quantitative estimate of drug-likeness (QED) is 0.0982. The molecule has 7 nitrogen and oxygen atoms in total. The van der Waals surface area contributed by atoms with Crippen LogP contribution in [0.4, 0.5) is 10.1 Å². The number of rotatable bonds is 7. The monoisotopic (exact) mass is 703 g/mol. The van der Waals surface area contributed by atoms with E-state index >= 15 is 0 Å². The van der Waals surface area contributed by atoms with Crippen molar-refractivity contribution < 1.29 is 13.9 Å². The number of halogens is 4. The Kier molecular flexibility index (Phi) is 9.81. The lowest BCUT2D eigenvalue weighted by Gasteiger charge is -2.15. The third kappa shape index (κ3) is 7.30. The van der Waals surface area contributed by atoms with E-state index in [1.807, 2.05) is 72.8 Å². The van der Waals surface area contributed by atoms with Crippen LogP contribution in [-0.4, -0.2) is 25.7 Å². The summed E-state index contributed by atoms with van der Waals surface area (Å²) < 4.78 is 21.6. The van der Waals surface area contributed by atoms with Crippen LogP contribution in [0.25, 0.3) is 11.1 Å². The lowest BCUT2D eigenvalue weighted by atomic mass is 9.91. The molecule has 2 atom stereocenters. The number of ether oxygens (including phenoxy) is 1. The van der Waals surface area contributed by atoms with Crippen molar-refractivity contribution in [3.63, 3.8) is 0 Å². The Bertz CT molecular complexity index is 2090. The van der Waals surface area contributed by atoms with E-state index in [-0.39, 0.29) is 23.0 Å². The molecule has 236 valence electrons. The second-order valence-corrected chi connectivity index (χ2v) is 12.1. The third-order valence-corrected chi connectivity index (χ3v) is 8.78. The summed E-state index contributed by atoms with van der Waals surface area (Å²) in [4.78, 5) is 20.4. The molecule has 47 heavy (non-hydrogen) atoms. The highest BCUT2D eigenvalue weighted by molar-refractivity contribution is 7.71. The van der Waals surface area contributed by atoms with Crippen LogP contribution in [0.15, 0.2) is 122 Å². The van der Waals surface area contributed by atoms with Gasteiger partial charge >= 0.3 is 0 Å². The molecule has 0 aliphatic carbocycles. The number of hydrogen-bond donors (Lipinski definition) is 2. The summed E-state index contributed by atoms with van der Waals surface area (Å²) in [7, 11) is 0. The van der Waals surface area contributed by atoms with Crippen molar-refractivity contribution in [3.05, 3.63) is 164 Å². The van der Waals surface area contributed by atoms with E-state index in [2.05, 4.69) is 20.4 Å². The Morgan fingerprint density at radius 3 is 2.34 bits per heavy atom. The number of nitrogens with one attached hydrogen (secondary N) is 2. The zero-order valence-electron chi connectivity index (χ0n) is 24.4. The SMILES string of the molecule is Fc1ccc([C@@]2(Cn3[nH]cnc3=S)O[C@@H]2c2ccccc2Cl)cc1.O=C(Nc1ccccc1-c1ccc(Cl)cc1)c1cccnc1Cl. The molecule has 0 bridgehead atoms. The molecule has 2 N–H and O–H groups in total. The van der Waals surface area contributed by atoms with Crippen LogP contribution < -0.4 is 5.32 Å². The minimum Gasteiger partial charge on any atom is -0.354 e. The van der Waals surface area contributed by atoms with Crippen LogP contribution >= 0.6 is 47.0 Å². The number of carbonyl (C=O) groups is 1. The second-order valence-electron chi connectivity index (χ2n) is 10.5. The minimum atomic E-state index is -0.663. The van der Waals surface area contributed by atoms with E-state index in [1.165, 1.54) is 18.5 Å². The van der Waals surface area contributed by atoms with Crippen molar-refractivity contribution in [2.75, 3.05) is 5.32 Å². The van der Waals surface area contributed by atoms with Crippen LogP contribution in [0, 0.1) is 10.6 Å². The predicted octanol–water partition coefficient (Wildman–Crippen LogP) is 9.71. The average molecular weight is 705 g/mol. The summed E-state index contributed by atoms with van der Waals surface area (Å²) in [5.41, 5.74) is 3.99. The lowest BCUT2D eigenvalue weighted by molar-refractivity contribution is 0.102. The van der Waals surface area contributed by atoms with Gasteiger partial charge in [0, 0.05) is 33.1 Å². The first-order chi connectivity index (χ1) is 22.7. The predicted molar refractivity (Wildman–Crippen MR) is 185 cm³/mol. The highest BCUT2D eigenvalue weighted by atomic mass is 35.5. The van der Waals surface area contributed by atoms with E-state index in [0.717, 1.165) is 22.3 Å². The maximum Gasteiger partial charge on any atom is 0.258 e. The number of amides is 1. The number of epoxide rings is 1. The van der Waals surface area contributed by atoms with Crippen molar-refractivity contribution >= 4 is 58.6 Å². The molecule has 2 aromatic heterocycles. The van der Waals surface area contributed by atoms with Gasteiger partial charge in [-0.3, -0.25) is 14.6 Å². The lowest BCUT2D eigenvalue weighted by Crippen LogP contribution is -2.20. The van der Waals surface area contributed by atoms with E-state index in [0.29, 0.717) is 32.6 Å². The van der Waals surface area contributed by atoms with Crippen molar-refractivity contribution in [2.24, 2.45) is 0 Å². The molecular weight excluding hydrogens is 680 g/mol. The number of H-pyrrole nitrogens is 1. The van der Waals surface area contributed by atoms with Crippen molar-refractivity contribution in [1.29, 1.82) is 0 Å². The highest BCUT2D eigenvalue weighted by Gasteiger charge is 2.59. The number of nitrogens with zero attached hydrogens (tertiary/aromatic N) is 3. The topological polar surface area (TPSA) is 88.1 Å². The Morgan fingerprint density at radius 2 is 1.64 bits per heavy atom. The normalized spacial score (nSPS) is 16.6. The van der Waals surface area contributed by atoms with Gasteiger partial charge in [-0.25, -0.2) is 14.4 Å². The number of pyridine rings is 1. The summed E-state index contributed by atoms with van der Waals surface area (Å²) >= 11 is 23.4. The van der Waals surface area contributed by atoms with Gasteiger partial charge in [0.1, 0.15) is 29.0 Å². The number of aromatic nitrogens is 4. The van der Waals surface area contributed by atoms with Crippen LogP contribution in [0.5, 0.6) is 0 Å². The van der Waals surface area contributed by atoms with Crippen molar-refractivity contribution in [1.82, 2.24) is 19.7 Å². The smallest absolute Gasteiger partial charge is 0.258 e. The number of aromatic amines is 1. The molecule has 1 amide bonds. The number of carbonyl (C=O) groups excluding carboxylic acids is 1. The summed E-state index contributed by atoms with van der Waals surface area (Å²) in [6.07, 6.45) is 2.84. The van der Waals surface area contributed by atoms with Crippen LogP contribution in [-0.2, 0) is 16.9 Å². The summed E-state index contributed by atoms with van der Waals surface area (Å²) in [5, 5.41) is 7.35. The first-order valence-corrected chi connectivity index (χ1v) is 15.8. The highest BCUT2D eigenvalue weighted by Crippen LogP contribution is 2.59. The average Bonchev–Trinajstić information content (AvgIpc) is 3.66. The fourth-order valence-corrected chi connectivity index (χ4v) is 5.92. The van der Waals surface area contributed by atoms with Crippen LogP contribution in [0.1, 0.15) is 27.6 Å². The van der Waals surface area contributed by atoms with Gasteiger partial charge in [-0.2, -0.15) is 0 Å². The van der Waals surface area contributed by atoms with Gasteiger partial charge in [0.05, 0.1) is 12.1 Å². The van der Waals surface area contributed by atoms with Crippen LogP contribution in [0.3, 0.4) is 0 Å². The van der Waals surface area contributed by atoms with Gasteiger partial charge in [0.25, 0.3) is 5.91 Å². The maximum atomic E-state index is 13.3. The molecule has 0 saturated carbocycles. The minimum absolute atomic E-state index is 0.175. The summed E-state index contributed by atoms with van der Waals surface area (Å²) in [5.74, 6) is -0.591. The zero-order chi connectivity index (χ0) is 33.0. The van der Waals surface area contributed by atoms with E-state index < -0.39 is 5.60 Å². The second kappa shape index (κ2) is 14.2. The molecule has 4 aromatic carbocycles. The van der Waals surface area contributed by atoms with Crippen molar-refractivity contribution in [3.8, 4) is 11.1 Å². The van der Waals surface area contributed by atoms with Gasteiger partial charge in [0.2, 0.25) is 4.77 Å². The van der Waals surface area contributed by atoms with Gasteiger partial charge < -0.3 is 10.1 Å². The fourth-order valence-electron chi connectivity index (χ4n) is 5.19. The molecular formula is C35H25Cl3FN5O2S. The van der Waals surface area contributed by atoms with E-state index in [1.54, 1.807) is 35.1 Å². The number of hydrogen-bond acceptors (Lipinski definition) is 5. The molecule has 1 fully saturated rings. The first-order valence-electron chi connectivity index (χ1n) is 14.3. The van der Waals surface area contributed by atoms with Gasteiger partial charge in [-0.15, -0.1) is 0 Å². The number of para-hydroxylation sites is 1. The number of anilines is 1. The molecule has 6 aromatic rings. The Hall–Kier alpha value is -4.38. The third-order valence-electron chi connectivity index (χ3n) is 7.56. The Morgan fingerprint density at radius 1 is 0.915 bits per heavy atom. The summed E-state index contributed by atoms with van der Waals surface area (Å²) in [6, 6.07) is 32.2. The number of benzene rings is 4. The molecule has 1 aliphatic rings. The van der Waals surface area contributed by atoms with Gasteiger partial charge in [-0.1, -0.05) is 95.5 Å². The fraction of sp³-hybridized carbons (Fsp3) is 0.0857. The molecule has 0 unspecified atom stereocenters. The largest absolute Gasteiger partial charge is 0.354 e. The molecule has 0 spiro atoms. The standard InChI is InChI=1S/C18H12Cl2N2O.C17H13ClFN3OS/c19-13-9-7-12(8-10-13)14-4-1-2-6-16(14)22-18(23)15-5-3-11-21-17(15)20;18-14-4-2-1-3-13(14)15-17(23-15,9-22-16(24)20-10-21-22)11-5-7-12(19)8-6-11/h1-11H,(H,22,23);1-8,10,15H,9H2,(H,20,21,24)/t;15-,17-/m.1/s1. The van der Waals surface area contributed by atoms with Crippen LogP contribution in [0.2, 0.25) is 15.2 Å².